The van der Waals surface area contributed by atoms with Gasteiger partial charge in [-0.25, -0.2) is 0 Å². The van der Waals surface area contributed by atoms with Gasteiger partial charge in [0.2, 0.25) is 0 Å². The Bertz CT molecular complexity index is 427. The van der Waals surface area contributed by atoms with Gasteiger partial charge in [0.05, 0.1) is 6.07 Å². The molecule has 17 heavy (non-hydrogen) atoms. The fourth-order valence-electron chi connectivity index (χ4n) is 1.78. The average molecular weight is 230 g/mol. The van der Waals surface area contributed by atoms with Crippen LogP contribution in [0.3, 0.4) is 0 Å². The first-order chi connectivity index (χ1) is 7.86. The van der Waals surface area contributed by atoms with Gasteiger partial charge in [-0.1, -0.05) is 23.8 Å². The van der Waals surface area contributed by atoms with Crippen molar-refractivity contribution in [3.05, 3.63) is 34.9 Å². The van der Waals surface area contributed by atoms with Gasteiger partial charge >= 0.3 is 0 Å². The SMILES string of the molecule is Cc1ccc(CCN(C)C(C)(C)C#N)c(C)c1. The summed E-state index contributed by atoms with van der Waals surface area (Å²) in [5, 5.41) is 9.06. The third-order valence-electron chi connectivity index (χ3n) is 3.44. The van der Waals surface area contributed by atoms with Gasteiger partial charge in [0.15, 0.2) is 0 Å². The van der Waals surface area contributed by atoms with E-state index in [2.05, 4.69) is 43.0 Å². The molecule has 0 spiro atoms. The monoisotopic (exact) mass is 230 g/mol. The van der Waals surface area contributed by atoms with Crippen molar-refractivity contribution in [3.63, 3.8) is 0 Å². The Labute approximate surface area is 105 Å². The summed E-state index contributed by atoms with van der Waals surface area (Å²) in [6, 6.07) is 8.88. The minimum Gasteiger partial charge on any atom is -0.289 e. The summed E-state index contributed by atoms with van der Waals surface area (Å²) in [6.07, 6.45) is 0.994. The molecule has 1 rings (SSSR count). The summed E-state index contributed by atoms with van der Waals surface area (Å²) in [5.41, 5.74) is 3.62. The first kappa shape index (κ1) is 13.7. The highest BCUT2D eigenvalue weighted by Gasteiger charge is 2.22. The second kappa shape index (κ2) is 5.33. The number of hydrogen-bond acceptors (Lipinski definition) is 2. The van der Waals surface area contributed by atoms with E-state index < -0.39 is 5.54 Å². The average Bonchev–Trinajstić information content (AvgIpc) is 2.27. The van der Waals surface area contributed by atoms with Crippen molar-refractivity contribution in [2.24, 2.45) is 0 Å². The summed E-state index contributed by atoms with van der Waals surface area (Å²) >= 11 is 0. The van der Waals surface area contributed by atoms with Crippen molar-refractivity contribution in [2.45, 2.75) is 39.7 Å². The van der Waals surface area contributed by atoms with Crippen LogP contribution in [-0.4, -0.2) is 24.0 Å². The molecule has 0 atom stereocenters. The highest BCUT2D eigenvalue weighted by atomic mass is 15.2. The molecular formula is C15H22N2. The second-order valence-corrected chi connectivity index (χ2v) is 5.27. The maximum Gasteiger partial charge on any atom is 0.103 e. The second-order valence-electron chi connectivity index (χ2n) is 5.27. The van der Waals surface area contributed by atoms with E-state index in [-0.39, 0.29) is 0 Å². The Morgan fingerprint density at radius 2 is 1.94 bits per heavy atom. The molecule has 0 heterocycles. The molecule has 1 aromatic carbocycles. The van der Waals surface area contributed by atoms with E-state index in [9.17, 15) is 0 Å². The molecule has 2 heteroatoms. The van der Waals surface area contributed by atoms with E-state index in [4.69, 9.17) is 5.26 Å². The minimum absolute atomic E-state index is 0.390. The standard InChI is InChI=1S/C15H22N2/c1-12-6-7-14(13(2)10-12)8-9-17(5)15(3,4)11-16/h6-7,10H,8-9H2,1-5H3. The smallest absolute Gasteiger partial charge is 0.103 e. The van der Waals surface area contributed by atoms with Crippen molar-refractivity contribution >= 4 is 0 Å². The normalized spacial score (nSPS) is 11.6. The minimum atomic E-state index is -0.390. The molecule has 2 nitrogen and oxygen atoms in total. The number of rotatable bonds is 4. The molecule has 0 saturated carbocycles. The van der Waals surface area contributed by atoms with Crippen molar-refractivity contribution < 1.29 is 0 Å². The molecule has 1 aromatic rings. The van der Waals surface area contributed by atoms with E-state index in [1.54, 1.807) is 0 Å². The molecule has 0 aliphatic rings. The predicted molar refractivity (Wildman–Crippen MR) is 71.9 cm³/mol. The van der Waals surface area contributed by atoms with Crippen LogP contribution in [0.1, 0.15) is 30.5 Å². The Balaban J connectivity index is 2.66. The van der Waals surface area contributed by atoms with Crippen LogP contribution in [0.15, 0.2) is 18.2 Å². The summed E-state index contributed by atoms with van der Waals surface area (Å²) in [5.74, 6) is 0. The van der Waals surface area contributed by atoms with Crippen LogP contribution >= 0.6 is 0 Å². The first-order valence-corrected chi connectivity index (χ1v) is 6.05. The van der Waals surface area contributed by atoms with Gasteiger partial charge in [0.25, 0.3) is 0 Å². The lowest BCUT2D eigenvalue weighted by Crippen LogP contribution is -2.40. The van der Waals surface area contributed by atoms with Crippen molar-refractivity contribution in [2.75, 3.05) is 13.6 Å². The number of aryl methyl sites for hydroxylation is 2. The topological polar surface area (TPSA) is 27.0 Å². The number of nitriles is 1. The molecule has 0 aromatic heterocycles. The Kier molecular flexibility index (Phi) is 4.31. The quantitative estimate of drug-likeness (QED) is 0.794. The van der Waals surface area contributed by atoms with Gasteiger partial charge in [-0.05, 0) is 52.3 Å². The summed E-state index contributed by atoms with van der Waals surface area (Å²) in [6.45, 7) is 9.08. The molecule has 0 aliphatic heterocycles. The number of hydrogen-bond donors (Lipinski definition) is 0. The molecule has 0 aliphatic carbocycles. The summed E-state index contributed by atoms with van der Waals surface area (Å²) in [4.78, 5) is 2.10. The maximum atomic E-state index is 9.06. The molecule has 0 N–H and O–H groups in total. The summed E-state index contributed by atoms with van der Waals surface area (Å²) < 4.78 is 0. The van der Waals surface area contributed by atoms with E-state index in [0.717, 1.165) is 13.0 Å². The van der Waals surface area contributed by atoms with Crippen LogP contribution < -0.4 is 0 Å². The zero-order valence-corrected chi connectivity index (χ0v) is 11.5. The Morgan fingerprint density at radius 3 is 2.47 bits per heavy atom. The predicted octanol–water partition coefficient (Wildman–Crippen LogP) is 3.08. The van der Waals surface area contributed by atoms with Gasteiger partial charge in [0, 0.05) is 6.54 Å². The maximum absolute atomic E-state index is 9.06. The highest BCUT2D eigenvalue weighted by molar-refractivity contribution is 5.30. The highest BCUT2D eigenvalue weighted by Crippen LogP contribution is 2.15. The molecule has 0 fully saturated rings. The molecular weight excluding hydrogens is 208 g/mol. The number of benzene rings is 1. The third kappa shape index (κ3) is 3.57. The molecule has 0 radical (unpaired) electrons. The van der Waals surface area contributed by atoms with E-state index >= 15 is 0 Å². The van der Waals surface area contributed by atoms with Crippen molar-refractivity contribution in [1.29, 1.82) is 5.26 Å². The van der Waals surface area contributed by atoms with Gasteiger partial charge in [-0.3, -0.25) is 4.90 Å². The lowest BCUT2D eigenvalue weighted by molar-refractivity contribution is 0.214. The van der Waals surface area contributed by atoms with Crippen molar-refractivity contribution in [1.82, 2.24) is 4.90 Å². The Hall–Kier alpha value is -1.33. The van der Waals surface area contributed by atoms with E-state index in [1.807, 2.05) is 20.9 Å². The van der Waals surface area contributed by atoms with E-state index in [1.165, 1.54) is 16.7 Å². The molecule has 0 bridgehead atoms. The molecule has 0 amide bonds. The van der Waals surface area contributed by atoms with Crippen LogP contribution in [0.25, 0.3) is 0 Å². The lowest BCUT2D eigenvalue weighted by Gasteiger charge is -2.29. The fourth-order valence-corrected chi connectivity index (χ4v) is 1.78. The van der Waals surface area contributed by atoms with Crippen LogP contribution in [0.5, 0.6) is 0 Å². The van der Waals surface area contributed by atoms with Gasteiger partial charge in [-0.15, -0.1) is 0 Å². The molecule has 0 saturated heterocycles. The van der Waals surface area contributed by atoms with Crippen LogP contribution in [-0.2, 0) is 6.42 Å². The van der Waals surface area contributed by atoms with Crippen molar-refractivity contribution in [3.8, 4) is 6.07 Å². The third-order valence-corrected chi connectivity index (χ3v) is 3.44. The van der Waals surface area contributed by atoms with Crippen LogP contribution in [0.4, 0.5) is 0 Å². The van der Waals surface area contributed by atoms with Crippen LogP contribution in [0, 0.1) is 25.2 Å². The first-order valence-electron chi connectivity index (χ1n) is 6.05. The van der Waals surface area contributed by atoms with Crippen LogP contribution in [0.2, 0.25) is 0 Å². The molecule has 0 unspecified atom stereocenters. The zero-order chi connectivity index (χ0) is 13.1. The number of likely N-dealkylation sites (N-methyl/N-ethyl adjacent to an activating group) is 1. The Morgan fingerprint density at radius 1 is 1.29 bits per heavy atom. The number of nitrogens with zero attached hydrogens (tertiary/aromatic N) is 2. The molecule has 92 valence electrons. The lowest BCUT2D eigenvalue weighted by atomic mass is 10.0. The summed E-state index contributed by atoms with van der Waals surface area (Å²) in [7, 11) is 2.01. The largest absolute Gasteiger partial charge is 0.289 e. The fraction of sp³-hybridized carbons (Fsp3) is 0.533. The van der Waals surface area contributed by atoms with Gasteiger partial charge in [-0.2, -0.15) is 5.26 Å². The van der Waals surface area contributed by atoms with E-state index in [0.29, 0.717) is 0 Å². The zero-order valence-electron chi connectivity index (χ0n) is 11.5. The van der Waals surface area contributed by atoms with Gasteiger partial charge in [0.1, 0.15) is 5.54 Å². The van der Waals surface area contributed by atoms with Gasteiger partial charge < -0.3 is 0 Å².